The van der Waals surface area contributed by atoms with Crippen molar-refractivity contribution in [1.29, 1.82) is 0 Å². The molecular weight excluding hydrogens is 397 g/mol. The number of sulfone groups is 1. The smallest absolute Gasteiger partial charge is 0.307 e. The number of hydrogen-bond donors (Lipinski definition) is 1. The molecule has 3 aromatic rings. The number of aromatic nitrogens is 2. The van der Waals surface area contributed by atoms with Crippen molar-refractivity contribution in [3.63, 3.8) is 0 Å². The van der Waals surface area contributed by atoms with Crippen molar-refractivity contribution in [1.82, 2.24) is 9.55 Å². The third kappa shape index (κ3) is 3.59. The molecular formula is C18H15F3N2O4S. The van der Waals surface area contributed by atoms with Crippen molar-refractivity contribution in [3.8, 4) is 0 Å². The zero-order valence-electron chi connectivity index (χ0n) is 14.6. The van der Waals surface area contributed by atoms with Crippen LogP contribution in [-0.2, 0) is 22.6 Å². The highest BCUT2D eigenvalue weighted by Gasteiger charge is 2.31. The van der Waals surface area contributed by atoms with Crippen molar-refractivity contribution < 1.29 is 21.6 Å². The molecule has 0 amide bonds. The van der Waals surface area contributed by atoms with E-state index in [1.807, 2.05) is 0 Å². The summed E-state index contributed by atoms with van der Waals surface area (Å²) in [7, 11) is -3.62. The minimum atomic E-state index is -4.65. The predicted molar refractivity (Wildman–Crippen MR) is 97.1 cm³/mol. The topological polar surface area (TPSA) is 89.0 Å². The highest BCUT2D eigenvalue weighted by Crippen LogP contribution is 2.30. The van der Waals surface area contributed by atoms with Crippen LogP contribution < -0.4 is 11.2 Å². The summed E-state index contributed by atoms with van der Waals surface area (Å²) in [4.78, 5) is 27.3. The summed E-state index contributed by atoms with van der Waals surface area (Å²) in [5, 5.41) is -0.315. The van der Waals surface area contributed by atoms with Gasteiger partial charge in [0.2, 0.25) is 0 Å². The maximum absolute atomic E-state index is 12.9. The standard InChI is InChI=1S/C18H15F3N2O4S/c1-2-28(26,27)15-6-4-3-5-11(15)10-23-16(24)13-9-12(18(19,20)21)7-8-14(13)22-17(23)25/h3-9H,2,10H2,1H3,(H,22,25). The van der Waals surface area contributed by atoms with Gasteiger partial charge in [0.05, 0.1) is 33.7 Å². The van der Waals surface area contributed by atoms with Gasteiger partial charge in [0.15, 0.2) is 9.84 Å². The van der Waals surface area contributed by atoms with Crippen LogP contribution in [0.5, 0.6) is 0 Å². The van der Waals surface area contributed by atoms with E-state index in [2.05, 4.69) is 4.98 Å². The molecule has 0 aliphatic heterocycles. The number of benzene rings is 2. The van der Waals surface area contributed by atoms with Crippen molar-refractivity contribution in [3.05, 3.63) is 74.4 Å². The van der Waals surface area contributed by atoms with Gasteiger partial charge in [-0.2, -0.15) is 13.2 Å². The molecule has 0 fully saturated rings. The molecule has 10 heteroatoms. The molecule has 0 radical (unpaired) electrons. The quantitative estimate of drug-likeness (QED) is 0.713. The number of nitrogens with one attached hydrogen (secondary N) is 1. The van der Waals surface area contributed by atoms with Crippen LogP contribution in [0.15, 0.2) is 56.9 Å². The zero-order chi connectivity index (χ0) is 20.7. The number of rotatable bonds is 4. The van der Waals surface area contributed by atoms with Gasteiger partial charge in [-0.25, -0.2) is 13.2 Å². The van der Waals surface area contributed by atoms with E-state index in [0.717, 1.165) is 12.1 Å². The van der Waals surface area contributed by atoms with Crippen LogP contribution in [0.1, 0.15) is 18.1 Å². The van der Waals surface area contributed by atoms with E-state index in [0.29, 0.717) is 10.6 Å². The van der Waals surface area contributed by atoms with Crippen molar-refractivity contribution in [2.45, 2.75) is 24.5 Å². The Balaban J connectivity index is 2.21. The monoisotopic (exact) mass is 412 g/mol. The van der Waals surface area contributed by atoms with Gasteiger partial charge in [-0.3, -0.25) is 9.36 Å². The molecule has 0 aliphatic rings. The largest absolute Gasteiger partial charge is 0.416 e. The summed E-state index contributed by atoms with van der Waals surface area (Å²) in [5.74, 6) is -0.179. The Hall–Kier alpha value is -2.88. The molecule has 0 bridgehead atoms. The third-order valence-corrected chi connectivity index (χ3v) is 6.15. The Morgan fingerprint density at radius 2 is 1.75 bits per heavy atom. The van der Waals surface area contributed by atoms with Gasteiger partial charge in [0.25, 0.3) is 5.56 Å². The molecule has 1 aromatic heterocycles. The molecule has 1 heterocycles. The Labute approximate surface area is 157 Å². The number of hydrogen-bond acceptors (Lipinski definition) is 4. The van der Waals surface area contributed by atoms with Crippen LogP contribution in [-0.4, -0.2) is 23.7 Å². The molecule has 0 atom stereocenters. The molecule has 6 nitrogen and oxygen atoms in total. The fraction of sp³-hybridized carbons (Fsp3) is 0.222. The molecule has 0 saturated carbocycles. The van der Waals surface area contributed by atoms with Gasteiger partial charge >= 0.3 is 11.9 Å². The molecule has 2 aromatic carbocycles. The summed E-state index contributed by atoms with van der Waals surface area (Å²) in [5.41, 5.74) is -2.64. The van der Waals surface area contributed by atoms with Crippen LogP contribution in [0.4, 0.5) is 13.2 Å². The van der Waals surface area contributed by atoms with Gasteiger partial charge in [-0.1, -0.05) is 25.1 Å². The number of nitrogens with zero attached hydrogens (tertiary/aromatic N) is 1. The molecule has 0 unspecified atom stereocenters. The average molecular weight is 412 g/mol. The highest BCUT2D eigenvalue weighted by atomic mass is 32.2. The van der Waals surface area contributed by atoms with Crippen LogP contribution in [0.2, 0.25) is 0 Å². The van der Waals surface area contributed by atoms with E-state index < -0.39 is 39.4 Å². The van der Waals surface area contributed by atoms with Gasteiger partial charge in [0.1, 0.15) is 0 Å². The Bertz CT molecular complexity index is 1270. The summed E-state index contributed by atoms with van der Waals surface area (Å²) in [6.07, 6.45) is -4.65. The van der Waals surface area contributed by atoms with Gasteiger partial charge in [-0.15, -0.1) is 0 Å². The van der Waals surface area contributed by atoms with Gasteiger partial charge in [-0.05, 0) is 29.8 Å². The number of aromatic amines is 1. The summed E-state index contributed by atoms with van der Waals surface area (Å²) in [6.45, 7) is 1.07. The second kappa shape index (κ2) is 6.93. The lowest BCUT2D eigenvalue weighted by molar-refractivity contribution is -0.137. The Morgan fingerprint density at radius 3 is 2.39 bits per heavy atom. The number of halogens is 3. The van der Waals surface area contributed by atoms with Crippen LogP contribution in [0.3, 0.4) is 0 Å². The van der Waals surface area contributed by atoms with Crippen LogP contribution in [0, 0.1) is 0 Å². The summed E-state index contributed by atoms with van der Waals surface area (Å²) < 4.78 is 64.0. The predicted octanol–water partition coefficient (Wildman–Crippen LogP) is 2.55. The molecule has 1 N–H and O–H groups in total. The maximum Gasteiger partial charge on any atom is 0.416 e. The Kier molecular flexibility index (Phi) is 4.92. The third-order valence-electron chi connectivity index (χ3n) is 4.33. The number of H-pyrrole nitrogens is 1. The molecule has 0 spiro atoms. The first-order valence-corrected chi connectivity index (χ1v) is 9.84. The fourth-order valence-corrected chi connectivity index (χ4v) is 3.96. The normalized spacial score (nSPS) is 12.4. The lowest BCUT2D eigenvalue weighted by Gasteiger charge is -2.12. The number of fused-ring (bicyclic) bond motifs is 1. The van der Waals surface area contributed by atoms with Crippen molar-refractivity contribution >= 4 is 20.7 Å². The lowest BCUT2D eigenvalue weighted by Crippen LogP contribution is -2.35. The SMILES string of the molecule is CCS(=O)(=O)c1ccccc1Cn1c(=O)[nH]c2ccc(C(F)(F)F)cc2c1=O. The zero-order valence-corrected chi connectivity index (χ0v) is 15.4. The second-order valence-corrected chi connectivity index (χ2v) is 8.34. The van der Waals surface area contributed by atoms with E-state index in [1.165, 1.54) is 25.1 Å². The Morgan fingerprint density at radius 1 is 1.07 bits per heavy atom. The van der Waals surface area contributed by atoms with Gasteiger partial charge in [0, 0.05) is 0 Å². The summed E-state index contributed by atoms with van der Waals surface area (Å²) in [6, 6.07) is 8.31. The molecule has 0 aliphatic carbocycles. The lowest BCUT2D eigenvalue weighted by atomic mass is 10.1. The average Bonchev–Trinajstić information content (AvgIpc) is 2.64. The first kappa shape index (κ1) is 19.9. The second-order valence-electron chi connectivity index (χ2n) is 6.09. The van der Waals surface area contributed by atoms with E-state index in [9.17, 15) is 31.2 Å². The van der Waals surface area contributed by atoms with Crippen molar-refractivity contribution in [2.24, 2.45) is 0 Å². The minimum Gasteiger partial charge on any atom is -0.307 e. The molecule has 3 rings (SSSR count). The van der Waals surface area contributed by atoms with Crippen LogP contribution >= 0.6 is 0 Å². The minimum absolute atomic E-state index is 0.0336. The van der Waals surface area contributed by atoms with Crippen molar-refractivity contribution in [2.75, 3.05) is 5.75 Å². The molecule has 28 heavy (non-hydrogen) atoms. The van der Waals surface area contributed by atoms with E-state index in [1.54, 1.807) is 6.07 Å². The first-order chi connectivity index (χ1) is 13.0. The van der Waals surface area contributed by atoms with E-state index in [-0.39, 0.29) is 27.1 Å². The maximum atomic E-state index is 12.9. The van der Waals surface area contributed by atoms with Gasteiger partial charge < -0.3 is 4.98 Å². The van der Waals surface area contributed by atoms with E-state index >= 15 is 0 Å². The highest BCUT2D eigenvalue weighted by molar-refractivity contribution is 7.91. The molecule has 0 saturated heterocycles. The first-order valence-electron chi connectivity index (χ1n) is 8.19. The molecule has 148 valence electrons. The fourth-order valence-electron chi connectivity index (χ4n) is 2.83. The van der Waals surface area contributed by atoms with Crippen LogP contribution in [0.25, 0.3) is 10.9 Å². The van der Waals surface area contributed by atoms with E-state index in [4.69, 9.17) is 0 Å². The summed E-state index contributed by atoms with van der Waals surface area (Å²) >= 11 is 0. The number of alkyl halides is 3.